The Balaban J connectivity index is 1.69. The zero-order chi connectivity index (χ0) is 27.7. The first-order chi connectivity index (χ1) is 18.8. The molecule has 2 aromatic carbocycles. The smallest absolute Gasteiger partial charge is 0.338 e. The highest BCUT2D eigenvalue weighted by atomic mass is 35.5. The fourth-order valence-electron chi connectivity index (χ4n) is 4.50. The second-order valence-corrected chi connectivity index (χ2v) is 10.1. The van der Waals surface area contributed by atoms with Gasteiger partial charge in [0.25, 0.3) is 5.56 Å². The van der Waals surface area contributed by atoms with E-state index in [1.807, 2.05) is 18.2 Å². The summed E-state index contributed by atoms with van der Waals surface area (Å²) in [6.07, 6.45) is 1.67. The van der Waals surface area contributed by atoms with Crippen molar-refractivity contribution in [3.8, 4) is 22.8 Å². The molecule has 200 valence electrons. The summed E-state index contributed by atoms with van der Waals surface area (Å²) in [5.74, 6) is 1.60. The Morgan fingerprint density at radius 3 is 2.69 bits per heavy atom. The van der Waals surface area contributed by atoms with Crippen LogP contribution in [0.1, 0.15) is 31.2 Å². The molecule has 0 radical (unpaired) electrons. The minimum Gasteiger partial charge on any atom is -0.497 e. The lowest BCUT2D eigenvalue weighted by Gasteiger charge is -2.26. The van der Waals surface area contributed by atoms with Crippen LogP contribution in [-0.4, -0.2) is 31.4 Å². The van der Waals surface area contributed by atoms with Crippen molar-refractivity contribution in [2.45, 2.75) is 19.9 Å². The van der Waals surface area contributed by atoms with E-state index in [0.29, 0.717) is 48.6 Å². The van der Waals surface area contributed by atoms with Crippen LogP contribution in [0.15, 0.2) is 80.1 Å². The SMILES string of the molecule is CCOC(=O)C1=C(C)N=c2s/c(=C/c3ccc(-c4cccc(Cl)c4)o3)c(=O)n2[C@@H]1c1cc(OC)ccc1OC. The molecule has 3 heterocycles. The maximum absolute atomic E-state index is 13.9. The fourth-order valence-corrected chi connectivity index (χ4v) is 5.71. The van der Waals surface area contributed by atoms with Gasteiger partial charge in [-0.25, -0.2) is 9.79 Å². The second kappa shape index (κ2) is 11.0. The molecule has 1 aliphatic heterocycles. The Morgan fingerprint density at radius 2 is 1.97 bits per heavy atom. The Hall–Kier alpha value is -4.08. The average molecular weight is 565 g/mol. The number of furan rings is 1. The van der Waals surface area contributed by atoms with Gasteiger partial charge in [0.2, 0.25) is 0 Å². The van der Waals surface area contributed by atoms with Gasteiger partial charge in [0.1, 0.15) is 29.1 Å². The molecule has 8 nitrogen and oxygen atoms in total. The molecule has 0 bridgehead atoms. The first-order valence-corrected chi connectivity index (χ1v) is 13.3. The number of benzene rings is 2. The van der Waals surface area contributed by atoms with Crippen molar-refractivity contribution in [3.63, 3.8) is 0 Å². The number of ether oxygens (including phenoxy) is 3. The average Bonchev–Trinajstić information content (AvgIpc) is 3.52. The monoisotopic (exact) mass is 564 g/mol. The number of thiazole rings is 1. The quantitative estimate of drug-likeness (QED) is 0.301. The maximum Gasteiger partial charge on any atom is 0.338 e. The van der Waals surface area contributed by atoms with Gasteiger partial charge in [-0.1, -0.05) is 35.1 Å². The van der Waals surface area contributed by atoms with E-state index in [-0.39, 0.29) is 17.7 Å². The lowest BCUT2D eigenvalue weighted by molar-refractivity contribution is -0.139. The van der Waals surface area contributed by atoms with Gasteiger partial charge in [-0.15, -0.1) is 0 Å². The molecular formula is C29H25ClN2O6S. The molecule has 0 saturated heterocycles. The van der Waals surface area contributed by atoms with Crippen LogP contribution >= 0.6 is 22.9 Å². The maximum atomic E-state index is 13.9. The van der Waals surface area contributed by atoms with Gasteiger partial charge >= 0.3 is 5.97 Å². The zero-order valence-corrected chi connectivity index (χ0v) is 23.3. The summed E-state index contributed by atoms with van der Waals surface area (Å²) in [5.41, 5.74) is 1.77. The van der Waals surface area contributed by atoms with E-state index in [4.69, 9.17) is 30.2 Å². The number of halogens is 1. The van der Waals surface area contributed by atoms with Crippen molar-refractivity contribution in [2.75, 3.05) is 20.8 Å². The number of methoxy groups -OCH3 is 2. The highest BCUT2D eigenvalue weighted by Crippen LogP contribution is 2.37. The van der Waals surface area contributed by atoms with E-state index in [9.17, 15) is 9.59 Å². The van der Waals surface area contributed by atoms with E-state index in [2.05, 4.69) is 4.99 Å². The molecule has 5 rings (SSSR count). The summed E-state index contributed by atoms with van der Waals surface area (Å²) in [5, 5.41) is 0.597. The number of hydrogen-bond acceptors (Lipinski definition) is 8. The molecule has 0 spiro atoms. The molecule has 1 atom stereocenters. The van der Waals surface area contributed by atoms with Crippen molar-refractivity contribution < 1.29 is 23.4 Å². The molecule has 0 unspecified atom stereocenters. The number of esters is 1. The molecule has 39 heavy (non-hydrogen) atoms. The summed E-state index contributed by atoms with van der Waals surface area (Å²) in [7, 11) is 3.08. The highest BCUT2D eigenvalue weighted by molar-refractivity contribution is 7.07. The number of aromatic nitrogens is 1. The van der Waals surface area contributed by atoms with Gasteiger partial charge in [0.15, 0.2) is 4.80 Å². The number of fused-ring (bicyclic) bond motifs is 1. The van der Waals surface area contributed by atoms with Crippen molar-refractivity contribution in [2.24, 2.45) is 4.99 Å². The van der Waals surface area contributed by atoms with Gasteiger partial charge < -0.3 is 18.6 Å². The van der Waals surface area contributed by atoms with Crippen molar-refractivity contribution in [1.82, 2.24) is 4.57 Å². The molecule has 0 aliphatic carbocycles. The second-order valence-electron chi connectivity index (χ2n) is 8.62. The number of rotatable bonds is 7. The van der Waals surface area contributed by atoms with E-state index < -0.39 is 12.0 Å². The minimum atomic E-state index is -0.842. The molecule has 0 N–H and O–H groups in total. The molecule has 1 aliphatic rings. The third-order valence-electron chi connectivity index (χ3n) is 6.26. The van der Waals surface area contributed by atoms with E-state index in [0.717, 1.165) is 5.56 Å². The number of carbonyl (C=O) groups excluding carboxylic acids is 1. The van der Waals surface area contributed by atoms with E-state index in [1.54, 1.807) is 63.4 Å². The summed E-state index contributed by atoms with van der Waals surface area (Å²) in [6.45, 7) is 3.63. The zero-order valence-electron chi connectivity index (χ0n) is 21.7. The molecule has 10 heteroatoms. The molecular weight excluding hydrogens is 540 g/mol. The Morgan fingerprint density at radius 1 is 1.15 bits per heavy atom. The number of nitrogens with zero attached hydrogens (tertiary/aromatic N) is 2. The lowest BCUT2D eigenvalue weighted by Crippen LogP contribution is -2.40. The van der Waals surface area contributed by atoms with Crippen LogP contribution in [0.25, 0.3) is 17.4 Å². The molecule has 4 aromatic rings. The third kappa shape index (κ3) is 5.03. The van der Waals surface area contributed by atoms with Crippen LogP contribution in [0.5, 0.6) is 11.5 Å². The van der Waals surface area contributed by atoms with Crippen molar-refractivity contribution in [1.29, 1.82) is 0 Å². The Bertz CT molecular complexity index is 1780. The number of carbonyl (C=O) groups is 1. The molecule has 0 amide bonds. The van der Waals surface area contributed by atoms with Crippen LogP contribution in [0.2, 0.25) is 5.02 Å². The van der Waals surface area contributed by atoms with Gasteiger partial charge in [-0.2, -0.15) is 0 Å². The first-order valence-electron chi connectivity index (χ1n) is 12.1. The summed E-state index contributed by atoms with van der Waals surface area (Å²) >= 11 is 7.33. The summed E-state index contributed by atoms with van der Waals surface area (Å²) in [6, 6.07) is 15.3. The number of hydrogen-bond donors (Lipinski definition) is 0. The van der Waals surface area contributed by atoms with Crippen LogP contribution < -0.4 is 24.4 Å². The predicted molar refractivity (Wildman–Crippen MR) is 149 cm³/mol. The van der Waals surface area contributed by atoms with Crippen molar-refractivity contribution >= 4 is 35.0 Å². The summed E-state index contributed by atoms with van der Waals surface area (Å²) in [4.78, 5) is 32.1. The van der Waals surface area contributed by atoms with Gasteiger partial charge in [0.05, 0.1) is 36.6 Å². The van der Waals surface area contributed by atoms with Crippen LogP contribution in [-0.2, 0) is 9.53 Å². The van der Waals surface area contributed by atoms with Gasteiger partial charge in [-0.3, -0.25) is 9.36 Å². The van der Waals surface area contributed by atoms with Gasteiger partial charge in [0, 0.05) is 22.2 Å². The molecule has 0 fully saturated rings. The highest BCUT2D eigenvalue weighted by Gasteiger charge is 2.35. The van der Waals surface area contributed by atoms with Crippen LogP contribution in [0.4, 0.5) is 0 Å². The van der Waals surface area contributed by atoms with Crippen LogP contribution in [0.3, 0.4) is 0 Å². The largest absolute Gasteiger partial charge is 0.497 e. The Labute approximate surface area is 233 Å². The normalized spacial score (nSPS) is 15.1. The van der Waals surface area contributed by atoms with E-state index in [1.165, 1.54) is 23.0 Å². The number of allylic oxidation sites excluding steroid dienone is 1. The minimum absolute atomic E-state index is 0.176. The molecule has 0 saturated carbocycles. The first kappa shape index (κ1) is 26.5. The van der Waals surface area contributed by atoms with E-state index >= 15 is 0 Å². The molecule has 2 aromatic heterocycles. The standard InChI is InChI=1S/C29H25ClN2O6S/c1-5-37-28(34)25-16(2)31-29-32(26(25)21-14-19(35-3)9-12-23(21)36-4)27(33)24(39-29)15-20-10-11-22(38-20)17-7-6-8-18(30)13-17/h6-15,26H,5H2,1-4H3/b24-15+/t26-/m1/s1. The topological polar surface area (TPSA) is 92.3 Å². The Kier molecular flexibility index (Phi) is 7.45. The third-order valence-corrected chi connectivity index (χ3v) is 7.48. The summed E-state index contributed by atoms with van der Waals surface area (Å²) < 4.78 is 24.3. The van der Waals surface area contributed by atoms with Crippen molar-refractivity contribution in [3.05, 3.63) is 102 Å². The van der Waals surface area contributed by atoms with Gasteiger partial charge in [-0.05, 0) is 56.3 Å². The fraction of sp³-hybridized carbons (Fsp3) is 0.207. The lowest BCUT2D eigenvalue weighted by atomic mass is 9.95. The van der Waals surface area contributed by atoms with Crippen LogP contribution in [0, 0.1) is 0 Å². The predicted octanol–water partition coefficient (Wildman–Crippen LogP) is 4.73.